The van der Waals surface area contributed by atoms with Crippen molar-refractivity contribution in [1.82, 2.24) is 5.32 Å². The van der Waals surface area contributed by atoms with Crippen LogP contribution in [0.4, 0.5) is 4.39 Å². The standard InChI is InChI=1S/C18H18FNO2/c1-13(17(21)14-7-9-16(19)10-8-14)11-12-20-18(22)15-5-3-2-4-6-15/h2-10,13H,11-12H2,1H3,(H,20,22). The van der Waals surface area contributed by atoms with E-state index >= 15 is 0 Å². The Hall–Kier alpha value is -2.49. The van der Waals surface area contributed by atoms with E-state index in [0.717, 1.165) is 0 Å². The van der Waals surface area contributed by atoms with Crippen LogP contribution in [-0.4, -0.2) is 18.2 Å². The Labute approximate surface area is 129 Å². The fourth-order valence-corrected chi connectivity index (χ4v) is 2.12. The number of Topliss-reactive ketones (excluding diaryl/α,β-unsaturated/α-hetero) is 1. The summed E-state index contributed by atoms with van der Waals surface area (Å²) >= 11 is 0. The van der Waals surface area contributed by atoms with Crippen LogP contribution in [0.3, 0.4) is 0 Å². The third kappa shape index (κ3) is 4.25. The van der Waals surface area contributed by atoms with E-state index < -0.39 is 0 Å². The number of carbonyl (C=O) groups excluding carboxylic acids is 2. The van der Waals surface area contributed by atoms with Crippen LogP contribution in [0.2, 0.25) is 0 Å². The Morgan fingerprint density at radius 2 is 1.64 bits per heavy atom. The van der Waals surface area contributed by atoms with E-state index in [0.29, 0.717) is 24.1 Å². The van der Waals surface area contributed by atoms with Gasteiger partial charge in [0.1, 0.15) is 5.82 Å². The van der Waals surface area contributed by atoms with E-state index in [2.05, 4.69) is 5.32 Å². The Morgan fingerprint density at radius 1 is 1.00 bits per heavy atom. The number of nitrogens with one attached hydrogen (secondary N) is 1. The summed E-state index contributed by atoms with van der Waals surface area (Å²) in [6.07, 6.45) is 0.536. The van der Waals surface area contributed by atoms with Gasteiger partial charge in [-0.2, -0.15) is 0 Å². The molecular weight excluding hydrogens is 281 g/mol. The van der Waals surface area contributed by atoms with Gasteiger partial charge in [0.2, 0.25) is 0 Å². The zero-order chi connectivity index (χ0) is 15.9. The largest absolute Gasteiger partial charge is 0.352 e. The molecule has 1 unspecified atom stereocenters. The zero-order valence-corrected chi connectivity index (χ0v) is 12.4. The van der Waals surface area contributed by atoms with Gasteiger partial charge in [-0.15, -0.1) is 0 Å². The summed E-state index contributed by atoms with van der Waals surface area (Å²) < 4.78 is 12.8. The normalized spacial score (nSPS) is 11.7. The predicted octanol–water partition coefficient (Wildman–Crippen LogP) is 3.46. The molecule has 22 heavy (non-hydrogen) atoms. The van der Waals surface area contributed by atoms with Gasteiger partial charge in [-0.25, -0.2) is 4.39 Å². The van der Waals surface area contributed by atoms with Crippen LogP contribution in [0.5, 0.6) is 0 Å². The van der Waals surface area contributed by atoms with Crippen molar-refractivity contribution >= 4 is 11.7 Å². The molecule has 114 valence electrons. The van der Waals surface area contributed by atoms with E-state index in [9.17, 15) is 14.0 Å². The average Bonchev–Trinajstić information content (AvgIpc) is 2.55. The highest BCUT2D eigenvalue weighted by atomic mass is 19.1. The SMILES string of the molecule is CC(CCNC(=O)c1ccccc1)C(=O)c1ccc(F)cc1. The second-order valence-electron chi connectivity index (χ2n) is 5.18. The summed E-state index contributed by atoms with van der Waals surface area (Å²) in [6.45, 7) is 2.22. The monoisotopic (exact) mass is 299 g/mol. The molecule has 2 aromatic carbocycles. The fraction of sp³-hybridized carbons (Fsp3) is 0.222. The minimum atomic E-state index is -0.362. The lowest BCUT2D eigenvalue weighted by Gasteiger charge is -2.11. The Bertz CT molecular complexity index is 638. The first-order valence-electron chi connectivity index (χ1n) is 7.21. The first kappa shape index (κ1) is 15.9. The lowest BCUT2D eigenvalue weighted by atomic mass is 9.96. The molecule has 1 N–H and O–H groups in total. The van der Waals surface area contributed by atoms with E-state index in [1.165, 1.54) is 24.3 Å². The third-order valence-electron chi connectivity index (χ3n) is 3.48. The van der Waals surface area contributed by atoms with Gasteiger partial charge in [-0.05, 0) is 42.8 Å². The van der Waals surface area contributed by atoms with Crippen molar-refractivity contribution in [2.24, 2.45) is 5.92 Å². The molecule has 4 heteroatoms. The molecule has 0 aliphatic rings. The molecule has 0 saturated carbocycles. The maximum absolute atomic E-state index is 12.8. The summed E-state index contributed by atoms with van der Waals surface area (Å²) in [7, 11) is 0. The van der Waals surface area contributed by atoms with Gasteiger partial charge < -0.3 is 5.32 Å². The lowest BCUT2D eigenvalue weighted by Crippen LogP contribution is -2.27. The van der Waals surface area contributed by atoms with Crippen LogP contribution >= 0.6 is 0 Å². The van der Waals surface area contributed by atoms with Gasteiger partial charge in [0, 0.05) is 23.6 Å². The van der Waals surface area contributed by atoms with Crippen LogP contribution in [0.15, 0.2) is 54.6 Å². The smallest absolute Gasteiger partial charge is 0.251 e. The zero-order valence-electron chi connectivity index (χ0n) is 12.4. The number of rotatable bonds is 6. The number of hydrogen-bond donors (Lipinski definition) is 1. The van der Waals surface area contributed by atoms with Crippen LogP contribution < -0.4 is 5.32 Å². The van der Waals surface area contributed by atoms with Crippen molar-refractivity contribution in [1.29, 1.82) is 0 Å². The molecule has 0 radical (unpaired) electrons. The maximum Gasteiger partial charge on any atom is 0.251 e. The summed E-state index contributed by atoms with van der Waals surface area (Å²) in [6, 6.07) is 14.4. The second kappa shape index (κ2) is 7.50. The van der Waals surface area contributed by atoms with Gasteiger partial charge in [-0.3, -0.25) is 9.59 Å². The molecule has 0 aliphatic carbocycles. The van der Waals surface area contributed by atoms with Crippen LogP contribution in [-0.2, 0) is 0 Å². The molecule has 0 aromatic heterocycles. The van der Waals surface area contributed by atoms with E-state index in [-0.39, 0.29) is 23.4 Å². The highest BCUT2D eigenvalue weighted by molar-refractivity contribution is 5.97. The molecule has 0 heterocycles. The van der Waals surface area contributed by atoms with Gasteiger partial charge in [0.25, 0.3) is 5.91 Å². The van der Waals surface area contributed by atoms with Crippen molar-refractivity contribution in [3.05, 3.63) is 71.5 Å². The van der Waals surface area contributed by atoms with Gasteiger partial charge in [0.15, 0.2) is 5.78 Å². The van der Waals surface area contributed by atoms with E-state index in [4.69, 9.17) is 0 Å². The van der Waals surface area contributed by atoms with Gasteiger partial charge in [-0.1, -0.05) is 25.1 Å². The molecule has 1 amide bonds. The minimum Gasteiger partial charge on any atom is -0.352 e. The van der Waals surface area contributed by atoms with Gasteiger partial charge in [0.05, 0.1) is 0 Å². The quantitative estimate of drug-likeness (QED) is 0.830. The van der Waals surface area contributed by atoms with Gasteiger partial charge >= 0.3 is 0 Å². The first-order valence-corrected chi connectivity index (χ1v) is 7.21. The number of benzene rings is 2. The molecule has 2 rings (SSSR count). The van der Waals surface area contributed by atoms with E-state index in [1.807, 2.05) is 6.07 Å². The number of amides is 1. The summed E-state index contributed by atoms with van der Waals surface area (Å²) in [5.74, 6) is -0.795. The average molecular weight is 299 g/mol. The fourth-order valence-electron chi connectivity index (χ4n) is 2.12. The highest BCUT2D eigenvalue weighted by Gasteiger charge is 2.15. The molecule has 3 nitrogen and oxygen atoms in total. The Morgan fingerprint density at radius 3 is 2.27 bits per heavy atom. The molecule has 0 spiro atoms. The first-order chi connectivity index (χ1) is 10.6. The Kier molecular flexibility index (Phi) is 5.42. The summed E-state index contributed by atoms with van der Waals surface area (Å²) in [4.78, 5) is 24.0. The summed E-state index contributed by atoms with van der Waals surface area (Å²) in [5, 5.41) is 2.79. The Balaban J connectivity index is 1.82. The third-order valence-corrected chi connectivity index (χ3v) is 3.48. The number of halogens is 1. The second-order valence-corrected chi connectivity index (χ2v) is 5.18. The lowest BCUT2D eigenvalue weighted by molar-refractivity contribution is 0.0904. The molecule has 0 fully saturated rings. The molecule has 1 atom stereocenters. The van der Waals surface area contributed by atoms with E-state index in [1.54, 1.807) is 31.2 Å². The summed E-state index contributed by atoms with van der Waals surface area (Å²) in [5.41, 5.74) is 1.09. The minimum absolute atomic E-state index is 0.0473. The molecule has 0 saturated heterocycles. The van der Waals surface area contributed by atoms with Crippen LogP contribution in [0, 0.1) is 11.7 Å². The molecular formula is C18H18FNO2. The predicted molar refractivity (Wildman–Crippen MR) is 83.3 cm³/mol. The van der Waals surface area contributed by atoms with Crippen LogP contribution in [0.25, 0.3) is 0 Å². The number of carbonyl (C=O) groups is 2. The number of ketones is 1. The molecule has 2 aromatic rings. The maximum atomic E-state index is 12.8. The molecule has 0 bridgehead atoms. The molecule has 0 aliphatic heterocycles. The van der Waals surface area contributed by atoms with Crippen molar-refractivity contribution in [2.75, 3.05) is 6.54 Å². The van der Waals surface area contributed by atoms with Crippen molar-refractivity contribution in [3.8, 4) is 0 Å². The van der Waals surface area contributed by atoms with Crippen molar-refractivity contribution in [2.45, 2.75) is 13.3 Å². The number of hydrogen-bond acceptors (Lipinski definition) is 2. The van der Waals surface area contributed by atoms with Crippen molar-refractivity contribution < 1.29 is 14.0 Å². The van der Waals surface area contributed by atoms with Crippen molar-refractivity contribution in [3.63, 3.8) is 0 Å². The van der Waals surface area contributed by atoms with Crippen LogP contribution in [0.1, 0.15) is 34.1 Å². The highest BCUT2D eigenvalue weighted by Crippen LogP contribution is 2.12. The topological polar surface area (TPSA) is 46.2 Å².